The first-order chi connectivity index (χ1) is 12.1. The fourth-order valence-electron chi connectivity index (χ4n) is 7.80. The highest BCUT2D eigenvalue weighted by molar-refractivity contribution is 5.21. The van der Waals surface area contributed by atoms with E-state index in [2.05, 4.69) is 47.6 Å². The predicted octanol–water partition coefficient (Wildman–Crippen LogP) is 6.92. The summed E-state index contributed by atoms with van der Waals surface area (Å²) in [5.74, 6) is 2.44. The zero-order valence-electron chi connectivity index (χ0n) is 18.2. The van der Waals surface area contributed by atoms with Gasteiger partial charge in [-0.1, -0.05) is 57.4 Å². The maximum atomic E-state index is 9.19. The second-order valence-corrected chi connectivity index (χ2v) is 11.0. The van der Waals surface area contributed by atoms with Crippen LogP contribution in [0.4, 0.5) is 0 Å². The van der Waals surface area contributed by atoms with Crippen LogP contribution in [0.1, 0.15) is 92.9 Å². The largest absolute Gasteiger partial charge is 0.392 e. The average Bonchev–Trinajstić information content (AvgIpc) is 2.53. The summed E-state index contributed by atoms with van der Waals surface area (Å²) in [6, 6.07) is 0. The quantitative estimate of drug-likeness (QED) is 0.541. The van der Waals surface area contributed by atoms with Crippen LogP contribution < -0.4 is 0 Å². The number of fused-ring (bicyclic) bond motifs is 3. The molecule has 1 heteroatoms. The van der Waals surface area contributed by atoms with E-state index in [4.69, 9.17) is 0 Å². The summed E-state index contributed by atoms with van der Waals surface area (Å²) >= 11 is 0. The van der Waals surface area contributed by atoms with Crippen molar-refractivity contribution in [2.24, 2.45) is 34.0 Å². The number of aliphatic hydroxyl groups is 1. The number of hydrogen-bond donors (Lipinski definition) is 1. The minimum atomic E-state index is 0.181. The molecule has 1 N–H and O–H groups in total. The van der Waals surface area contributed by atoms with Crippen LogP contribution in [0.3, 0.4) is 0 Å². The fraction of sp³-hybridized carbons (Fsp3) is 0.840. The summed E-state index contributed by atoms with van der Waals surface area (Å²) in [5.41, 5.74) is 4.47. The molecule has 1 unspecified atom stereocenters. The average molecular weight is 359 g/mol. The summed E-state index contributed by atoms with van der Waals surface area (Å²) in [6.07, 6.45) is 15.4. The van der Waals surface area contributed by atoms with E-state index < -0.39 is 0 Å². The Labute approximate surface area is 162 Å². The molecule has 3 rings (SSSR count). The first kappa shape index (κ1) is 20.2. The monoisotopic (exact) mass is 358 g/mol. The van der Waals surface area contributed by atoms with Gasteiger partial charge < -0.3 is 5.11 Å². The maximum Gasteiger partial charge on any atom is 0.0614 e. The Morgan fingerprint density at radius 2 is 1.85 bits per heavy atom. The molecule has 148 valence electrons. The molecule has 0 amide bonds. The Morgan fingerprint density at radius 1 is 1.12 bits per heavy atom. The van der Waals surface area contributed by atoms with Crippen LogP contribution in [0, 0.1) is 34.0 Å². The Balaban J connectivity index is 1.89. The molecule has 0 radical (unpaired) electrons. The van der Waals surface area contributed by atoms with Gasteiger partial charge in [-0.05, 0) is 92.8 Å². The number of aliphatic hydroxyl groups excluding tert-OH is 1. The van der Waals surface area contributed by atoms with Crippen molar-refractivity contribution in [2.75, 3.05) is 6.61 Å². The standard InChI is InChI=1S/C25H42O/c1-18(13-17-26)8-10-20-19(2)9-11-22-24(20,5)16-12-21-23(3,4)14-7-15-25(21,22)6/h9,13,20-22,26H,7-8,10-12,14-17H2,1-6H3/b18-13+/t20-,21+,22?,24+,25+/m1/s1. The number of allylic oxidation sites excluding steroid dienone is 3. The zero-order chi connectivity index (χ0) is 19.2. The van der Waals surface area contributed by atoms with Gasteiger partial charge in [-0.15, -0.1) is 0 Å². The Hall–Kier alpha value is -0.560. The molecule has 5 atom stereocenters. The van der Waals surface area contributed by atoms with Crippen LogP contribution in [0.5, 0.6) is 0 Å². The normalized spacial score (nSPS) is 42.7. The van der Waals surface area contributed by atoms with E-state index in [0.29, 0.717) is 22.2 Å². The van der Waals surface area contributed by atoms with E-state index in [1.165, 1.54) is 50.5 Å². The summed E-state index contributed by atoms with van der Waals surface area (Å²) in [7, 11) is 0. The van der Waals surface area contributed by atoms with Gasteiger partial charge in [-0.3, -0.25) is 0 Å². The van der Waals surface area contributed by atoms with Gasteiger partial charge >= 0.3 is 0 Å². The second-order valence-electron chi connectivity index (χ2n) is 11.0. The van der Waals surface area contributed by atoms with E-state index in [9.17, 15) is 5.11 Å². The lowest BCUT2D eigenvalue weighted by atomic mass is 9.39. The lowest BCUT2D eigenvalue weighted by molar-refractivity contribution is -0.145. The van der Waals surface area contributed by atoms with Crippen LogP contribution in [0.2, 0.25) is 0 Å². The minimum Gasteiger partial charge on any atom is -0.392 e. The molecule has 2 fully saturated rings. The molecule has 0 aliphatic heterocycles. The fourth-order valence-corrected chi connectivity index (χ4v) is 7.80. The Morgan fingerprint density at radius 3 is 2.54 bits per heavy atom. The summed E-state index contributed by atoms with van der Waals surface area (Å²) in [6.45, 7) is 15.1. The van der Waals surface area contributed by atoms with Crippen LogP contribution >= 0.6 is 0 Å². The highest BCUT2D eigenvalue weighted by Gasteiger charge is 2.60. The van der Waals surface area contributed by atoms with E-state index >= 15 is 0 Å². The molecule has 1 nitrogen and oxygen atoms in total. The number of hydrogen-bond acceptors (Lipinski definition) is 1. The first-order valence-corrected chi connectivity index (χ1v) is 11.1. The molecule has 2 saturated carbocycles. The van der Waals surface area contributed by atoms with Gasteiger partial charge in [0.1, 0.15) is 0 Å². The van der Waals surface area contributed by atoms with Crippen molar-refractivity contribution >= 4 is 0 Å². The minimum absolute atomic E-state index is 0.181. The van der Waals surface area contributed by atoms with Gasteiger partial charge in [0.2, 0.25) is 0 Å². The molecule has 0 heterocycles. The summed E-state index contributed by atoms with van der Waals surface area (Å²) in [5, 5.41) is 9.19. The van der Waals surface area contributed by atoms with Crippen molar-refractivity contribution in [3.63, 3.8) is 0 Å². The van der Waals surface area contributed by atoms with Crippen molar-refractivity contribution in [3.05, 3.63) is 23.3 Å². The van der Waals surface area contributed by atoms with Gasteiger partial charge in [-0.2, -0.15) is 0 Å². The van der Waals surface area contributed by atoms with Crippen LogP contribution in [0.15, 0.2) is 23.3 Å². The first-order valence-electron chi connectivity index (χ1n) is 11.1. The van der Waals surface area contributed by atoms with Crippen LogP contribution in [0.25, 0.3) is 0 Å². The molecule has 26 heavy (non-hydrogen) atoms. The maximum absolute atomic E-state index is 9.19. The lowest BCUT2D eigenvalue weighted by Gasteiger charge is -2.65. The van der Waals surface area contributed by atoms with Crippen LogP contribution in [-0.2, 0) is 0 Å². The summed E-state index contributed by atoms with van der Waals surface area (Å²) in [4.78, 5) is 0. The molecular weight excluding hydrogens is 316 g/mol. The molecule has 0 bridgehead atoms. The molecule has 0 aromatic heterocycles. The highest BCUT2D eigenvalue weighted by atomic mass is 16.2. The molecular formula is C25H42O. The second kappa shape index (κ2) is 7.12. The van der Waals surface area contributed by atoms with Crippen molar-refractivity contribution in [1.29, 1.82) is 0 Å². The molecule has 0 aromatic rings. The van der Waals surface area contributed by atoms with E-state index in [1.54, 1.807) is 5.57 Å². The van der Waals surface area contributed by atoms with Gasteiger partial charge in [0, 0.05) is 0 Å². The van der Waals surface area contributed by atoms with Crippen molar-refractivity contribution in [2.45, 2.75) is 92.9 Å². The van der Waals surface area contributed by atoms with Gasteiger partial charge in [0.25, 0.3) is 0 Å². The van der Waals surface area contributed by atoms with E-state index in [1.807, 2.05) is 6.08 Å². The highest BCUT2D eigenvalue weighted by Crippen LogP contribution is 2.68. The molecule has 0 spiro atoms. The third-order valence-corrected chi connectivity index (χ3v) is 9.13. The van der Waals surface area contributed by atoms with Gasteiger partial charge in [0.05, 0.1) is 6.61 Å². The van der Waals surface area contributed by atoms with Crippen molar-refractivity contribution in [3.8, 4) is 0 Å². The smallest absolute Gasteiger partial charge is 0.0614 e. The zero-order valence-corrected chi connectivity index (χ0v) is 18.2. The summed E-state index contributed by atoms with van der Waals surface area (Å²) < 4.78 is 0. The topological polar surface area (TPSA) is 20.2 Å². The Kier molecular flexibility index (Phi) is 5.52. The number of rotatable bonds is 4. The third-order valence-electron chi connectivity index (χ3n) is 9.13. The van der Waals surface area contributed by atoms with E-state index in [0.717, 1.165) is 18.3 Å². The van der Waals surface area contributed by atoms with Gasteiger partial charge in [-0.25, -0.2) is 0 Å². The van der Waals surface area contributed by atoms with Crippen LogP contribution in [-0.4, -0.2) is 11.7 Å². The lowest BCUT2D eigenvalue weighted by Crippen LogP contribution is -2.57. The molecule has 0 aromatic carbocycles. The van der Waals surface area contributed by atoms with Crippen molar-refractivity contribution < 1.29 is 5.11 Å². The molecule has 3 aliphatic rings. The third kappa shape index (κ3) is 3.23. The Bertz CT molecular complexity index is 583. The predicted molar refractivity (Wildman–Crippen MR) is 112 cm³/mol. The molecule has 3 aliphatic carbocycles. The SMILES string of the molecule is CC1=CCC2[C@@](C)(CC[C@H]3C(C)(C)CCC[C@]23C)[C@@H]1CC/C(C)=C/CO. The van der Waals surface area contributed by atoms with Crippen molar-refractivity contribution in [1.82, 2.24) is 0 Å². The van der Waals surface area contributed by atoms with E-state index in [-0.39, 0.29) is 6.61 Å². The molecule has 0 saturated heterocycles. The van der Waals surface area contributed by atoms with Gasteiger partial charge in [0.15, 0.2) is 0 Å².